The number of hydrogen-bond donors (Lipinski definition) is 3. The molecule has 2 heterocycles. The topological polar surface area (TPSA) is 116 Å². The van der Waals surface area contributed by atoms with Gasteiger partial charge >= 0.3 is 16.2 Å². The minimum absolute atomic E-state index is 0. The van der Waals surface area contributed by atoms with Gasteiger partial charge in [-0.15, -0.1) is 0 Å². The number of benzene rings is 1. The van der Waals surface area contributed by atoms with E-state index in [1.54, 1.807) is 0 Å². The molecule has 3 N–H and O–H groups in total. The van der Waals surface area contributed by atoms with E-state index in [1.807, 2.05) is 0 Å². The van der Waals surface area contributed by atoms with Crippen molar-refractivity contribution in [2.24, 2.45) is 0 Å². The third kappa shape index (κ3) is 4.56. The van der Waals surface area contributed by atoms with E-state index < -0.39 is 16.2 Å². The number of carbonyl (C=O) groups excluding carboxylic acids is 1. The Morgan fingerprint density at radius 3 is 2.34 bits per heavy atom. The van der Waals surface area contributed by atoms with Crippen LogP contribution in [0.3, 0.4) is 0 Å². The van der Waals surface area contributed by atoms with Gasteiger partial charge in [0.15, 0.2) is 0 Å². The zero-order valence-electron chi connectivity index (χ0n) is 18.3. The molecule has 2 aliphatic carbocycles. The normalized spacial score (nSPS) is 17.9. The maximum Gasteiger partial charge on any atom is 0.334 e. The van der Waals surface area contributed by atoms with E-state index in [9.17, 15) is 13.2 Å². The van der Waals surface area contributed by atoms with E-state index in [0.717, 1.165) is 55.3 Å². The molecule has 1 fully saturated rings. The number of anilines is 2. The number of rotatable bonds is 5. The summed E-state index contributed by atoms with van der Waals surface area (Å²) in [7, 11) is -4.14. The number of nitrogens with zero attached hydrogens (tertiary/aromatic N) is 2. The Labute approximate surface area is 210 Å². The first kappa shape index (κ1) is 23.6. The zero-order valence-corrected chi connectivity index (χ0v) is 21.1. The predicted octanol–water partition coefficient (Wildman–Crippen LogP) is 2.06. The molecule has 1 saturated heterocycles. The summed E-state index contributed by atoms with van der Waals surface area (Å²) < 4.78 is 35.4. The fourth-order valence-electron chi connectivity index (χ4n) is 5.10. The molecule has 1 aromatic carbocycles. The number of carbonyl (C=O) groups is 1. The number of aromatic nitrogens is 2. The van der Waals surface area contributed by atoms with Gasteiger partial charge in [-0.05, 0) is 73.6 Å². The Bertz CT molecular complexity index is 1050. The summed E-state index contributed by atoms with van der Waals surface area (Å²) in [5, 5.41) is 9.44. The summed E-state index contributed by atoms with van der Waals surface area (Å²) in [4.78, 5) is 12.9. The van der Waals surface area contributed by atoms with E-state index in [1.165, 1.54) is 27.8 Å². The molecule has 2 aromatic rings. The number of H-pyrrole nitrogens is 1. The maximum atomic E-state index is 13.3. The second-order valence-electron chi connectivity index (χ2n) is 8.39. The van der Waals surface area contributed by atoms with Gasteiger partial charge in [0.25, 0.3) is 0 Å². The van der Waals surface area contributed by atoms with Gasteiger partial charge in [0.1, 0.15) is 0 Å². The van der Waals surface area contributed by atoms with Crippen LogP contribution in [0.5, 0.6) is 0 Å². The van der Waals surface area contributed by atoms with Crippen LogP contribution in [-0.2, 0) is 40.6 Å². The van der Waals surface area contributed by atoms with Crippen molar-refractivity contribution in [1.82, 2.24) is 14.9 Å². The third-order valence-electron chi connectivity index (χ3n) is 6.45. The monoisotopic (exact) mass is 468 g/mol. The van der Waals surface area contributed by atoms with Crippen LogP contribution in [0.2, 0.25) is 0 Å². The molecule has 1 radical (unpaired) electrons. The van der Waals surface area contributed by atoms with Crippen LogP contribution >= 0.6 is 0 Å². The number of hydrogen-bond acceptors (Lipinski definition) is 5. The molecule has 0 bridgehead atoms. The van der Waals surface area contributed by atoms with Crippen molar-refractivity contribution in [2.45, 2.75) is 57.4 Å². The molecular weight excluding hydrogens is 441 g/mol. The first-order chi connectivity index (χ1) is 15.0. The largest absolute Gasteiger partial charge is 0.381 e. The molecule has 0 saturated carbocycles. The van der Waals surface area contributed by atoms with E-state index in [0.29, 0.717) is 31.7 Å². The summed E-state index contributed by atoms with van der Waals surface area (Å²) in [6.07, 6.45) is 10.0. The maximum absolute atomic E-state index is 13.3. The molecule has 0 spiro atoms. The van der Waals surface area contributed by atoms with E-state index >= 15 is 0 Å². The van der Waals surface area contributed by atoms with Crippen molar-refractivity contribution >= 4 is 57.2 Å². The molecule has 0 atom stereocenters. The molecule has 32 heavy (non-hydrogen) atoms. The zero-order chi connectivity index (χ0) is 21.4. The van der Waals surface area contributed by atoms with Gasteiger partial charge in [-0.1, -0.05) is 6.07 Å². The molecule has 1 aromatic heterocycles. The van der Waals surface area contributed by atoms with Crippen LogP contribution in [0.4, 0.5) is 16.2 Å². The molecular formula is C21H27N5NaO4S. The van der Waals surface area contributed by atoms with E-state index in [-0.39, 0.29) is 35.6 Å². The van der Waals surface area contributed by atoms with Crippen LogP contribution in [-0.4, -0.2) is 73.5 Å². The number of urea groups is 1. The number of nitrogens with one attached hydrogen (secondary N) is 3. The van der Waals surface area contributed by atoms with E-state index in [2.05, 4.69) is 26.3 Å². The first-order valence-corrected chi connectivity index (χ1v) is 12.3. The van der Waals surface area contributed by atoms with Gasteiger partial charge in [0.05, 0.1) is 17.9 Å². The average Bonchev–Trinajstić information content (AvgIpc) is 3.50. The molecule has 9 nitrogen and oxygen atoms in total. The molecule has 5 rings (SSSR count). The molecule has 3 aliphatic rings. The number of ether oxygens (including phenoxy) is 1. The van der Waals surface area contributed by atoms with Gasteiger partial charge < -0.3 is 10.1 Å². The van der Waals surface area contributed by atoms with E-state index in [4.69, 9.17) is 4.74 Å². The summed E-state index contributed by atoms with van der Waals surface area (Å²) in [6, 6.07) is 1.24. The Balaban J connectivity index is 0.00000245. The SMILES string of the molecule is O=C(Nc1c2c(cc3c1CCC3)CCC2)NS(=O)(=O)N(c1cn[nH]c1)C1CCOCC1.[Na]. The first-order valence-electron chi connectivity index (χ1n) is 10.9. The molecule has 0 unspecified atom stereocenters. The molecule has 167 valence electrons. The number of aromatic amines is 1. The van der Waals surface area contributed by atoms with Gasteiger partial charge in [-0.2, -0.15) is 13.5 Å². The second-order valence-corrected chi connectivity index (χ2v) is 9.94. The van der Waals surface area contributed by atoms with Gasteiger partial charge in [-0.3, -0.25) is 5.10 Å². The van der Waals surface area contributed by atoms with Crippen molar-refractivity contribution in [3.05, 3.63) is 40.7 Å². The molecule has 1 aliphatic heterocycles. The third-order valence-corrected chi connectivity index (χ3v) is 7.92. The summed E-state index contributed by atoms with van der Waals surface area (Å²) in [6.45, 7) is 0.950. The Morgan fingerprint density at radius 1 is 1.09 bits per heavy atom. The van der Waals surface area contributed by atoms with Crippen molar-refractivity contribution in [3.8, 4) is 0 Å². The van der Waals surface area contributed by atoms with Crippen molar-refractivity contribution in [3.63, 3.8) is 0 Å². The molecule has 2 amide bonds. The minimum atomic E-state index is -4.14. The summed E-state index contributed by atoms with van der Waals surface area (Å²) >= 11 is 0. The van der Waals surface area contributed by atoms with Gasteiger partial charge in [0, 0.05) is 54.7 Å². The Hall–Kier alpha value is -1.59. The Kier molecular flexibility index (Phi) is 7.16. The van der Waals surface area contributed by atoms with Crippen LogP contribution < -0.4 is 14.3 Å². The van der Waals surface area contributed by atoms with Gasteiger partial charge in [0.2, 0.25) is 0 Å². The summed E-state index contributed by atoms with van der Waals surface area (Å²) in [5.41, 5.74) is 6.08. The van der Waals surface area contributed by atoms with Crippen LogP contribution in [0.1, 0.15) is 47.9 Å². The smallest absolute Gasteiger partial charge is 0.334 e. The minimum Gasteiger partial charge on any atom is -0.381 e. The number of amides is 2. The predicted molar refractivity (Wildman–Crippen MR) is 122 cm³/mol. The Morgan fingerprint density at radius 2 is 1.75 bits per heavy atom. The second kappa shape index (κ2) is 9.72. The van der Waals surface area contributed by atoms with Crippen molar-refractivity contribution < 1.29 is 17.9 Å². The number of aryl methyl sites for hydroxylation is 2. The van der Waals surface area contributed by atoms with Crippen molar-refractivity contribution in [1.29, 1.82) is 0 Å². The van der Waals surface area contributed by atoms with Crippen LogP contribution in [0, 0.1) is 0 Å². The standard InChI is InChI=1S/C21H27N5O4S.Na/c27-21(24-20-18-5-1-3-14(18)11-15-4-2-6-19(15)20)25-31(28,29)26(17-12-22-23-13-17)16-7-9-30-10-8-16;/h11-13,16H,1-10H2,(H,22,23)(H2,24,25,27);. The quantitative estimate of drug-likeness (QED) is 0.581. The fourth-order valence-corrected chi connectivity index (χ4v) is 6.47. The van der Waals surface area contributed by atoms with Crippen molar-refractivity contribution in [2.75, 3.05) is 22.8 Å². The summed E-state index contributed by atoms with van der Waals surface area (Å²) in [5.74, 6) is 0. The number of fused-ring (bicyclic) bond motifs is 2. The molecule has 11 heteroatoms. The fraction of sp³-hybridized carbons (Fsp3) is 0.524. The van der Waals surface area contributed by atoms with Crippen LogP contribution in [0.15, 0.2) is 18.5 Å². The van der Waals surface area contributed by atoms with Crippen LogP contribution in [0.25, 0.3) is 0 Å². The van der Waals surface area contributed by atoms with Gasteiger partial charge in [-0.25, -0.2) is 13.8 Å². The average molecular weight is 469 g/mol.